The van der Waals surface area contributed by atoms with E-state index in [0.29, 0.717) is 12.6 Å². The van der Waals surface area contributed by atoms with Crippen molar-refractivity contribution in [2.75, 3.05) is 20.1 Å². The van der Waals surface area contributed by atoms with Gasteiger partial charge < -0.3 is 19.9 Å². The highest BCUT2D eigenvalue weighted by atomic mass is 16.5. The summed E-state index contributed by atoms with van der Waals surface area (Å²) in [5.74, 6) is 1.86. The van der Waals surface area contributed by atoms with Crippen molar-refractivity contribution < 1.29 is 4.74 Å². The number of aromatic amines is 1. The molecule has 1 aliphatic rings. The van der Waals surface area contributed by atoms with Crippen LogP contribution in [0.5, 0.6) is 0 Å². The van der Waals surface area contributed by atoms with E-state index in [1.165, 1.54) is 5.56 Å². The Bertz CT molecular complexity index is 766. The van der Waals surface area contributed by atoms with Crippen LogP contribution in [0.25, 0.3) is 11.0 Å². The average molecular weight is 358 g/mol. The number of fused-ring (bicyclic) bond motifs is 1. The molecule has 1 aliphatic heterocycles. The van der Waals surface area contributed by atoms with Crippen LogP contribution >= 0.6 is 0 Å². The minimum atomic E-state index is -0.0770. The minimum Gasteiger partial charge on any atom is -0.372 e. The van der Waals surface area contributed by atoms with Gasteiger partial charge in [-0.2, -0.15) is 0 Å². The number of rotatable bonds is 3. The van der Waals surface area contributed by atoms with Crippen molar-refractivity contribution in [2.45, 2.75) is 58.8 Å². The number of guanidine groups is 1. The summed E-state index contributed by atoms with van der Waals surface area (Å²) in [6.07, 6.45) is 2.40. The van der Waals surface area contributed by atoms with Gasteiger partial charge in [0.2, 0.25) is 0 Å². The zero-order valence-corrected chi connectivity index (χ0v) is 16.6. The summed E-state index contributed by atoms with van der Waals surface area (Å²) in [4.78, 5) is 14.8. The highest BCUT2D eigenvalue weighted by Gasteiger charge is 2.25. The molecule has 26 heavy (non-hydrogen) atoms. The van der Waals surface area contributed by atoms with Gasteiger partial charge in [0.1, 0.15) is 5.82 Å². The number of hydrogen-bond acceptors (Lipinski definition) is 3. The first-order valence-electron chi connectivity index (χ1n) is 9.43. The molecular weight excluding hydrogens is 326 g/mol. The molecule has 6 nitrogen and oxygen atoms in total. The maximum Gasteiger partial charge on any atom is 0.194 e. The summed E-state index contributed by atoms with van der Waals surface area (Å²) in [5.41, 5.74) is 3.24. The SMILES string of the molecule is CN=C(NCc1nc2ccc(C)cc2[nH]1)N1CCC(OC(C)(C)C)CC1. The monoisotopic (exact) mass is 357 g/mol. The molecule has 0 spiro atoms. The van der Waals surface area contributed by atoms with Gasteiger partial charge in [0.25, 0.3) is 0 Å². The van der Waals surface area contributed by atoms with Gasteiger partial charge in [-0.15, -0.1) is 0 Å². The van der Waals surface area contributed by atoms with Crippen LogP contribution in [0.4, 0.5) is 0 Å². The van der Waals surface area contributed by atoms with Gasteiger partial charge in [-0.25, -0.2) is 4.98 Å². The molecule has 2 aromatic rings. The number of nitrogens with zero attached hydrogens (tertiary/aromatic N) is 3. The number of imidazole rings is 1. The lowest BCUT2D eigenvalue weighted by Crippen LogP contribution is -2.47. The summed E-state index contributed by atoms with van der Waals surface area (Å²) >= 11 is 0. The van der Waals surface area contributed by atoms with Gasteiger partial charge in [-0.1, -0.05) is 6.07 Å². The van der Waals surface area contributed by atoms with Gasteiger partial charge in [-0.05, 0) is 58.2 Å². The van der Waals surface area contributed by atoms with Crippen molar-refractivity contribution in [3.63, 3.8) is 0 Å². The van der Waals surface area contributed by atoms with Gasteiger partial charge >= 0.3 is 0 Å². The Morgan fingerprint density at radius 2 is 2.08 bits per heavy atom. The number of H-pyrrole nitrogens is 1. The molecule has 1 saturated heterocycles. The van der Waals surface area contributed by atoms with Crippen molar-refractivity contribution in [1.82, 2.24) is 20.2 Å². The quantitative estimate of drug-likeness (QED) is 0.654. The van der Waals surface area contributed by atoms with Gasteiger partial charge in [0.05, 0.1) is 29.3 Å². The molecule has 1 fully saturated rings. The molecule has 6 heteroatoms. The predicted molar refractivity (Wildman–Crippen MR) is 106 cm³/mol. The van der Waals surface area contributed by atoms with Crippen molar-refractivity contribution in [1.29, 1.82) is 0 Å². The summed E-state index contributed by atoms with van der Waals surface area (Å²) in [6.45, 7) is 11.0. The number of hydrogen-bond donors (Lipinski definition) is 2. The largest absolute Gasteiger partial charge is 0.372 e. The second-order valence-electron chi connectivity index (χ2n) is 8.02. The van der Waals surface area contributed by atoms with E-state index >= 15 is 0 Å². The molecule has 1 aromatic carbocycles. The molecule has 0 radical (unpaired) electrons. The number of aromatic nitrogens is 2. The molecule has 142 valence electrons. The number of nitrogens with one attached hydrogen (secondary N) is 2. The molecule has 0 amide bonds. The van der Waals surface area contributed by atoms with E-state index in [4.69, 9.17) is 4.74 Å². The lowest BCUT2D eigenvalue weighted by molar-refractivity contribution is -0.0772. The first-order valence-corrected chi connectivity index (χ1v) is 9.43. The molecule has 0 aliphatic carbocycles. The molecule has 2 heterocycles. The van der Waals surface area contributed by atoms with E-state index in [2.05, 4.69) is 71.1 Å². The molecule has 0 atom stereocenters. The number of ether oxygens (including phenoxy) is 1. The summed E-state index contributed by atoms with van der Waals surface area (Å²) in [7, 11) is 1.84. The smallest absolute Gasteiger partial charge is 0.194 e. The number of benzene rings is 1. The molecular formula is C20H31N5O. The number of aliphatic imine (C=N–C) groups is 1. The van der Waals surface area contributed by atoms with E-state index in [-0.39, 0.29) is 5.60 Å². The van der Waals surface area contributed by atoms with Crippen LogP contribution in [0.2, 0.25) is 0 Å². The van der Waals surface area contributed by atoms with E-state index in [1.807, 2.05) is 7.05 Å². The maximum atomic E-state index is 6.11. The Morgan fingerprint density at radius 1 is 1.35 bits per heavy atom. The van der Waals surface area contributed by atoms with Crippen LogP contribution in [0.3, 0.4) is 0 Å². The zero-order chi connectivity index (χ0) is 18.7. The highest BCUT2D eigenvalue weighted by molar-refractivity contribution is 5.80. The Balaban J connectivity index is 1.55. The molecule has 0 saturated carbocycles. The van der Waals surface area contributed by atoms with Crippen molar-refractivity contribution in [3.8, 4) is 0 Å². The van der Waals surface area contributed by atoms with E-state index in [0.717, 1.165) is 48.7 Å². The Hall–Kier alpha value is -2.08. The normalized spacial score (nSPS) is 17.1. The Labute approximate surface area is 156 Å². The number of aryl methyl sites for hydroxylation is 1. The molecule has 0 unspecified atom stereocenters. The van der Waals surface area contributed by atoms with Crippen molar-refractivity contribution in [2.24, 2.45) is 4.99 Å². The van der Waals surface area contributed by atoms with Crippen LogP contribution < -0.4 is 5.32 Å². The fraction of sp³-hybridized carbons (Fsp3) is 0.600. The van der Waals surface area contributed by atoms with E-state index in [9.17, 15) is 0 Å². The third-order valence-electron chi connectivity index (χ3n) is 4.57. The van der Waals surface area contributed by atoms with Gasteiger partial charge in [0.15, 0.2) is 5.96 Å². The van der Waals surface area contributed by atoms with Gasteiger partial charge in [0, 0.05) is 20.1 Å². The summed E-state index contributed by atoms with van der Waals surface area (Å²) < 4.78 is 6.11. The Kier molecular flexibility index (Phi) is 5.51. The van der Waals surface area contributed by atoms with Crippen LogP contribution in [0.15, 0.2) is 23.2 Å². The standard InChI is InChI=1S/C20H31N5O/c1-14-6-7-16-17(12-14)24-18(23-16)13-22-19(21-5)25-10-8-15(9-11-25)26-20(2,3)4/h6-7,12,15H,8-11,13H2,1-5H3,(H,21,22)(H,23,24). The first kappa shape index (κ1) is 18.7. The van der Waals surface area contributed by atoms with Crippen LogP contribution in [0, 0.1) is 6.92 Å². The lowest BCUT2D eigenvalue weighted by atomic mass is 10.1. The van der Waals surface area contributed by atoms with E-state index in [1.54, 1.807) is 0 Å². The second-order valence-corrected chi connectivity index (χ2v) is 8.02. The molecule has 1 aromatic heterocycles. The highest BCUT2D eigenvalue weighted by Crippen LogP contribution is 2.20. The average Bonchev–Trinajstić information content (AvgIpc) is 2.97. The molecule has 3 rings (SSSR count). The summed E-state index contributed by atoms with van der Waals surface area (Å²) in [6, 6.07) is 6.27. The minimum absolute atomic E-state index is 0.0770. The first-order chi connectivity index (χ1) is 12.3. The van der Waals surface area contributed by atoms with E-state index < -0.39 is 0 Å². The van der Waals surface area contributed by atoms with Crippen LogP contribution in [0.1, 0.15) is 45.0 Å². The van der Waals surface area contributed by atoms with Gasteiger partial charge in [-0.3, -0.25) is 4.99 Å². The molecule has 2 N–H and O–H groups in total. The maximum absolute atomic E-state index is 6.11. The fourth-order valence-electron chi connectivity index (χ4n) is 3.44. The van der Waals surface area contributed by atoms with Crippen LogP contribution in [-0.2, 0) is 11.3 Å². The summed E-state index contributed by atoms with van der Waals surface area (Å²) in [5, 5.41) is 3.44. The number of likely N-dealkylation sites (tertiary alicyclic amines) is 1. The third kappa shape index (κ3) is 4.75. The molecule has 0 bridgehead atoms. The zero-order valence-electron chi connectivity index (χ0n) is 16.6. The lowest BCUT2D eigenvalue weighted by Gasteiger charge is -2.36. The van der Waals surface area contributed by atoms with Crippen molar-refractivity contribution >= 4 is 17.0 Å². The Morgan fingerprint density at radius 3 is 2.73 bits per heavy atom. The second kappa shape index (κ2) is 7.66. The van der Waals surface area contributed by atoms with Crippen LogP contribution in [-0.4, -0.2) is 52.7 Å². The third-order valence-corrected chi connectivity index (χ3v) is 4.57. The number of piperidine rings is 1. The van der Waals surface area contributed by atoms with Crippen molar-refractivity contribution in [3.05, 3.63) is 29.6 Å². The fourth-order valence-corrected chi connectivity index (χ4v) is 3.44. The predicted octanol–water partition coefficient (Wildman–Crippen LogP) is 3.23. The topological polar surface area (TPSA) is 65.5 Å².